The van der Waals surface area contributed by atoms with Crippen molar-refractivity contribution in [3.63, 3.8) is 0 Å². The zero-order valence-corrected chi connectivity index (χ0v) is 7.88. The highest BCUT2D eigenvalue weighted by Crippen LogP contribution is 2.48. The largest absolute Gasteiger partial charge is 0.481 e. The smallest absolute Gasteiger partial charge is 0.306 e. The monoisotopic (exact) mass is 204 g/mol. The molecular formula is C10H14F2O2. The minimum Gasteiger partial charge on any atom is -0.481 e. The van der Waals surface area contributed by atoms with Crippen molar-refractivity contribution in [2.75, 3.05) is 0 Å². The maximum Gasteiger partial charge on any atom is 0.306 e. The standard InChI is InChI=1S/C10H14F2O2/c11-10(12)4-6-1-7(5-10)3-8(2-6)9(13)14/h6-8H,1-5H2,(H,13,14)/t6-,7+,8?. The van der Waals surface area contributed by atoms with Crippen LogP contribution in [0.15, 0.2) is 0 Å². The molecule has 0 radical (unpaired) electrons. The van der Waals surface area contributed by atoms with Gasteiger partial charge in [-0.2, -0.15) is 0 Å². The van der Waals surface area contributed by atoms with Crippen LogP contribution in [0.1, 0.15) is 32.1 Å². The van der Waals surface area contributed by atoms with Gasteiger partial charge in [0.25, 0.3) is 0 Å². The molecule has 2 aliphatic rings. The SMILES string of the molecule is O=C(O)C1C[C@@H]2C[C@H](C1)CC(F)(F)C2. The van der Waals surface area contributed by atoms with Gasteiger partial charge in [0.2, 0.25) is 5.92 Å². The van der Waals surface area contributed by atoms with E-state index in [-0.39, 0.29) is 30.6 Å². The third-order valence-electron chi connectivity index (χ3n) is 3.43. The van der Waals surface area contributed by atoms with E-state index in [0.717, 1.165) is 6.42 Å². The summed E-state index contributed by atoms with van der Waals surface area (Å²) in [6.45, 7) is 0. The second kappa shape index (κ2) is 3.17. The molecule has 1 N–H and O–H groups in total. The van der Waals surface area contributed by atoms with Gasteiger partial charge in [-0.25, -0.2) is 8.78 Å². The van der Waals surface area contributed by atoms with Gasteiger partial charge in [-0.3, -0.25) is 4.79 Å². The first-order valence-corrected chi connectivity index (χ1v) is 5.07. The fourth-order valence-electron chi connectivity index (χ4n) is 3.03. The highest BCUT2D eigenvalue weighted by molar-refractivity contribution is 5.70. The average Bonchev–Trinajstić information content (AvgIpc) is 1.99. The molecule has 2 fully saturated rings. The lowest BCUT2D eigenvalue weighted by Crippen LogP contribution is -2.39. The van der Waals surface area contributed by atoms with Crippen molar-refractivity contribution in [3.05, 3.63) is 0 Å². The minimum atomic E-state index is -2.54. The second-order valence-corrected chi connectivity index (χ2v) is 4.74. The molecule has 3 atom stereocenters. The second-order valence-electron chi connectivity index (χ2n) is 4.74. The molecule has 0 saturated heterocycles. The van der Waals surface area contributed by atoms with Crippen LogP contribution in [0.2, 0.25) is 0 Å². The number of aliphatic carboxylic acids is 1. The van der Waals surface area contributed by atoms with E-state index in [1.165, 1.54) is 0 Å². The summed E-state index contributed by atoms with van der Waals surface area (Å²) in [5.74, 6) is -3.88. The van der Waals surface area contributed by atoms with Crippen LogP contribution in [0, 0.1) is 17.8 Å². The van der Waals surface area contributed by atoms with Gasteiger partial charge in [0, 0.05) is 12.8 Å². The average molecular weight is 204 g/mol. The Morgan fingerprint density at radius 3 is 2.07 bits per heavy atom. The number of carboxylic acids is 1. The summed E-state index contributed by atoms with van der Waals surface area (Å²) < 4.78 is 26.2. The van der Waals surface area contributed by atoms with E-state index in [1.54, 1.807) is 0 Å². The summed E-state index contributed by atoms with van der Waals surface area (Å²) in [5.41, 5.74) is 0. The molecule has 2 aliphatic carbocycles. The van der Waals surface area contributed by atoms with Crippen LogP contribution >= 0.6 is 0 Å². The first kappa shape index (κ1) is 9.87. The summed E-state index contributed by atoms with van der Waals surface area (Å²) in [6.07, 6.45) is 1.49. The molecule has 2 saturated carbocycles. The molecule has 2 nitrogen and oxygen atoms in total. The highest BCUT2D eigenvalue weighted by atomic mass is 19.3. The van der Waals surface area contributed by atoms with Crippen molar-refractivity contribution < 1.29 is 18.7 Å². The predicted octanol–water partition coefficient (Wildman–Crippen LogP) is 2.53. The number of hydrogen-bond acceptors (Lipinski definition) is 1. The summed E-state index contributed by atoms with van der Waals surface area (Å²) in [4.78, 5) is 10.8. The summed E-state index contributed by atoms with van der Waals surface area (Å²) >= 11 is 0. The number of carbonyl (C=O) groups is 1. The van der Waals surface area contributed by atoms with Crippen molar-refractivity contribution in [3.8, 4) is 0 Å². The van der Waals surface area contributed by atoms with Gasteiger partial charge in [0.05, 0.1) is 5.92 Å². The van der Waals surface area contributed by atoms with Crippen molar-refractivity contribution in [1.82, 2.24) is 0 Å². The summed E-state index contributed by atoms with van der Waals surface area (Å²) in [6, 6.07) is 0. The van der Waals surface area contributed by atoms with Crippen molar-refractivity contribution in [2.24, 2.45) is 17.8 Å². The molecular weight excluding hydrogens is 190 g/mol. The molecule has 0 aromatic heterocycles. The zero-order valence-electron chi connectivity index (χ0n) is 7.88. The van der Waals surface area contributed by atoms with Gasteiger partial charge in [-0.15, -0.1) is 0 Å². The Morgan fingerprint density at radius 2 is 1.64 bits per heavy atom. The van der Waals surface area contributed by atoms with Crippen molar-refractivity contribution in [1.29, 1.82) is 0 Å². The molecule has 2 bridgehead atoms. The van der Waals surface area contributed by atoms with Gasteiger partial charge >= 0.3 is 5.97 Å². The summed E-state index contributed by atoms with van der Waals surface area (Å²) in [5, 5.41) is 8.84. The van der Waals surface area contributed by atoms with Crippen molar-refractivity contribution in [2.45, 2.75) is 38.0 Å². The van der Waals surface area contributed by atoms with Crippen molar-refractivity contribution >= 4 is 5.97 Å². The van der Waals surface area contributed by atoms with E-state index in [2.05, 4.69) is 0 Å². The highest BCUT2D eigenvalue weighted by Gasteiger charge is 2.46. The Labute approximate surface area is 81.3 Å². The van der Waals surface area contributed by atoms with Crippen LogP contribution in [0.5, 0.6) is 0 Å². The Bertz CT molecular complexity index is 237. The van der Waals surface area contributed by atoms with E-state index < -0.39 is 11.9 Å². The number of halogens is 2. The Balaban J connectivity index is 2.06. The topological polar surface area (TPSA) is 37.3 Å². The minimum absolute atomic E-state index is 0.0707. The molecule has 0 heterocycles. The van der Waals surface area contributed by atoms with Crippen LogP contribution in [-0.2, 0) is 4.79 Å². The molecule has 14 heavy (non-hydrogen) atoms. The number of alkyl halides is 2. The third kappa shape index (κ3) is 1.88. The van der Waals surface area contributed by atoms with Gasteiger partial charge in [-0.1, -0.05) is 0 Å². The number of fused-ring (bicyclic) bond motifs is 2. The maximum absolute atomic E-state index is 13.1. The third-order valence-corrected chi connectivity index (χ3v) is 3.43. The Morgan fingerprint density at radius 1 is 1.14 bits per heavy atom. The molecule has 1 unspecified atom stereocenters. The quantitative estimate of drug-likeness (QED) is 0.712. The number of hydrogen-bond donors (Lipinski definition) is 1. The molecule has 0 aromatic rings. The Kier molecular flexibility index (Phi) is 2.24. The first-order chi connectivity index (χ1) is 6.46. The predicted molar refractivity (Wildman–Crippen MR) is 46.1 cm³/mol. The maximum atomic E-state index is 13.1. The molecule has 2 rings (SSSR count). The lowest BCUT2D eigenvalue weighted by atomic mass is 9.67. The lowest BCUT2D eigenvalue weighted by molar-refractivity contribution is -0.149. The van der Waals surface area contributed by atoms with E-state index >= 15 is 0 Å². The molecule has 0 spiro atoms. The van der Waals surface area contributed by atoms with Crippen LogP contribution in [-0.4, -0.2) is 17.0 Å². The number of rotatable bonds is 1. The normalized spacial score (nSPS) is 40.6. The van der Waals surface area contributed by atoms with Gasteiger partial charge in [-0.05, 0) is 31.1 Å². The molecule has 4 heteroatoms. The van der Waals surface area contributed by atoms with Crippen LogP contribution < -0.4 is 0 Å². The molecule has 80 valence electrons. The first-order valence-electron chi connectivity index (χ1n) is 5.07. The van der Waals surface area contributed by atoms with Crippen LogP contribution in [0.25, 0.3) is 0 Å². The molecule has 0 aliphatic heterocycles. The lowest BCUT2D eigenvalue weighted by Gasteiger charge is -2.41. The van der Waals surface area contributed by atoms with Gasteiger partial charge < -0.3 is 5.11 Å². The van der Waals surface area contributed by atoms with Gasteiger partial charge in [0.15, 0.2) is 0 Å². The molecule has 0 amide bonds. The van der Waals surface area contributed by atoms with E-state index in [4.69, 9.17) is 5.11 Å². The van der Waals surface area contributed by atoms with E-state index in [0.29, 0.717) is 12.8 Å². The zero-order chi connectivity index (χ0) is 10.3. The van der Waals surface area contributed by atoms with Gasteiger partial charge in [0.1, 0.15) is 0 Å². The number of carboxylic acid groups (broad SMARTS) is 1. The van der Waals surface area contributed by atoms with E-state index in [1.807, 2.05) is 0 Å². The fourth-order valence-corrected chi connectivity index (χ4v) is 3.03. The van der Waals surface area contributed by atoms with E-state index in [9.17, 15) is 13.6 Å². The summed E-state index contributed by atoms with van der Waals surface area (Å²) in [7, 11) is 0. The molecule has 0 aromatic carbocycles. The van der Waals surface area contributed by atoms with Crippen LogP contribution in [0.3, 0.4) is 0 Å². The van der Waals surface area contributed by atoms with Crippen LogP contribution in [0.4, 0.5) is 8.78 Å². The fraction of sp³-hybridized carbons (Fsp3) is 0.900. The Hall–Kier alpha value is -0.670.